The number of hydrogen-bond acceptors (Lipinski definition) is 4. The van der Waals surface area contributed by atoms with Gasteiger partial charge in [-0.05, 0) is 47.0 Å². The molecule has 0 atom stereocenters. The van der Waals surface area contributed by atoms with Gasteiger partial charge in [0.05, 0.1) is 23.9 Å². The summed E-state index contributed by atoms with van der Waals surface area (Å²) in [6.07, 6.45) is 5.20. The standard InChI is InChI=1S/C17H32N2O2/c1-13(2)20-15-9-18(10-15)8-7-17(3,4)21-16-11-19(12-16)14-5-6-14/h13-16H,5-12H2,1-4H3. The van der Waals surface area contributed by atoms with E-state index in [1.807, 2.05) is 0 Å². The summed E-state index contributed by atoms with van der Waals surface area (Å²) in [5, 5.41) is 0. The van der Waals surface area contributed by atoms with E-state index < -0.39 is 0 Å². The van der Waals surface area contributed by atoms with E-state index in [0.717, 1.165) is 45.2 Å². The fourth-order valence-corrected chi connectivity index (χ4v) is 3.40. The molecule has 0 aromatic heterocycles. The minimum Gasteiger partial charge on any atom is -0.373 e. The largest absolute Gasteiger partial charge is 0.373 e. The SMILES string of the molecule is CC(C)OC1CN(CCC(C)(C)OC2CN(C3CC3)C2)C1. The zero-order chi connectivity index (χ0) is 15.0. The maximum Gasteiger partial charge on any atom is 0.0836 e. The summed E-state index contributed by atoms with van der Waals surface area (Å²) < 4.78 is 12.1. The van der Waals surface area contributed by atoms with E-state index in [0.29, 0.717) is 18.3 Å². The number of likely N-dealkylation sites (tertiary alicyclic amines) is 2. The summed E-state index contributed by atoms with van der Waals surface area (Å²) in [5.41, 5.74) is 0.00427. The molecule has 0 unspecified atom stereocenters. The fourth-order valence-electron chi connectivity index (χ4n) is 3.40. The second-order valence-electron chi connectivity index (χ2n) is 8.00. The van der Waals surface area contributed by atoms with Gasteiger partial charge in [0.25, 0.3) is 0 Å². The molecule has 122 valence electrons. The van der Waals surface area contributed by atoms with Crippen molar-refractivity contribution in [2.75, 3.05) is 32.7 Å². The Morgan fingerprint density at radius 1 is 1.05 bits per heavy atom. The second-order valence-corrected chi connectivity index (χ2v) is 8.00. The van der Waals surface area contributed by atoms with Gasteiger partial charge in [0.1, 0.15) is 0 Å². The van der Waals surface area contributed by atoms with Crippen molar-refractivity contribution in [2.24, 2.45) is 0 Å². The van der Waals surface area contributed by atoms with Gasteiger partial charge in [0, 0.05) is 38.8 Å². The van der Waals surface area contributed by atoms with Crippen LogP contribution in [0.15, 0.2) is 0 Å². The average molecular weight is 296 g/mol. The lowest BCUT2D eigenvalue weighted by Crippen LogP contribution is -2.56. The van der Waals surface area contributed by atoms with Gasteiger partial charge in [-0.25, -0.2) is 0 Å². The Bertz CT molecular complexity index is 343. The summed E-state index contributed by atoms with van der Waals surface area (Å²) >= 11 is 0. The first-order chi connectivity index (χ1) is 9.91. The lowest BCUT2D eigenvalue weighted by molar-refractivity contribution is -0.143. The number of rotatable bonds is 8. The van der Waals surface area contributed by atoms with Crippen molar-refractivity contribution in [3.63, 3.8) is 0 Å². The van der Waals surface area contributed by atoms with Crippen molar-refractivity contribution in [1.29, 1.82) is 0 Å². The third-order valence-corrected chi connectivity index (χ3v) is 4.84. The third-order valence-electron chi connectivity index (χ3n) is 4.84. The molecule has 3 rings (SSSR count). The van der Waals surface area contributed by atoms with Crippen molar-refractivity contribution < 1.29 is 9.47 Å². The van der Waals surface area contributed by atoms with Gasteiger partial charge < -0.3 is 9.47 Å². The Hall–Kier alpha value is -0.160. The summed E-state index contributed by atoms with van der Waals surface area (Å²) in [6.45, 7) is 14.3. The molecule has 2 aliphatic heterocycles. The summed E-state index contributed by atoms with van der Waals surface area (Å²) in [4.78, 5) is 5.06. The molecule has 1 saturated carbocycles. The van der Waals surface area contributed by atoms with E-state index in [4.69, 9.17) is 9.47 Å². The van der Waals surface area contributed by atoms with Crippen LogP contribution >= 0.6 is 0 Å². The van der Waals surface area contributed by atoms with Crippen LogP contribution in [-0.2, 0) is 9.47 Å². The van der Waals surface area contributed by atoms with Gasteiger partial charge in [-0.1, -0.05) is 0 Å². The highest BCUT2D eigenvalue weighted by Gasteiger charge is 2.40. The van der Waals surface area contributed by atoms with Gasteiger partial charge in [0.15, 0.2) is 0 Å². The molecule has 0 radical (unpaired) electrons. The van der Waals surface area contributed by atoms with E-state index in [-0.39, 0.29) is 5.60 Å². The number of nitrogens with zero attached hydrogens (tertiary/aromatic N) is 2. The molecule has 4 nitrogen and oxygen atoms in total. The zero-order valence-electron chi connectivity index (χ0n) is 14.2. The molecule has 3 aliphatic rings. The van der Waals surface area contributed by atoms with Gasteiger partial charge >= 0.3 is 0 Å². The molecule has 0 bridgehead atoms. The predicted octanol–water partition coefficient (Wildman–Crippen LogP) is 2.13. The van der Waals surface area contributed by atoms with Crippen molar-refractivity contribution >= 4 is 0 Å². The molecule has 1 aliphatic carbocycles. The third kappa shape index (κ3) is 4.41. The lowest BCUT2D eigenvalue weighted by atomic mass is 10.0. The van der Waals surface area contributed by atoms with Gasteiger partial charge in [-0.3, -0.25) is 9.80 Å². The quantitative estimate of drug-likeness (QED) is 0.685. The van der Waals surface area contributed by atoms with E-state index in [1.54, 1.807) is 0 Å². The Kier molecular flexibility index (Phi) is 4.60. The minimum atomic E-state index is 0.00427. The van der Waals surface area contributed by atoms with Gasteiger partial charge in [-0.15, -0.1) is 0 Å². The molecule has 21 heavy (non-hydrogen) atoms. The molecule has 0 aromatic rings. The van der Waals surface area contributed by atoms with Crippen LogP contribution in [0.2, 0.25) is 0 Å². The Labute approximate surface area is 129 Å². The average Bonchev–Trinajstić information content (AvgIpc) is 3.09. The normalized spacial score (nSPS) is 26.1. The molecule has 2 heterocycles. The molecule has 0 spiro atoms. The summed E-state index contributed by atoms with van der Waals surface area (Å²) in [5.74, 6) is 0. The van der Waals surface area contributed by atoms with Crippen molar-refractivity contribution in [3.05, 3.63) is 0 Å². The van der Waals surface area contributed by atoms with Gasteiger partial charge in [-0.2, -0.15) is 0 Å². The highest BCUT2D eigenvalue weighted by atomic mass is 16.5. The molecular formula is C17H32N2O2. The predicted molar refractivity (Wildman–Crippen MR) is 84.6 cm³/mol. The maximum atomic E-state index is 6.29. The summed E-state index contributed by atoms with van der Waals surface area (Å²) in [7, 11) is 0. The summed E-state index contributed by atoms with van der Waals surface area (Å²) in [6, 6.07) is 0.895. The molecule has 0 aromatic carbocycles. The van der Waals surface area contributed by atoms with Crippen molar-refractivity contribution in [3.8, 4) is 0 Å². The van der Waals surface area contributed by atoms with E-state index >= 15 is 0 Å². The van der Waals surface area contributed by atoms with Crippen LogP contribution in [0, 0.1) is 0 Å². The van der Waals surface area contributed by atoms with E-state index in [2.05, 4.69) is 37.5 Å². The number of hydrogen-bond donors (Lipinski definition) is 0. The fraction of sp³-hybridized carbons (Fsp3) is 1.00. The van der Waals surface area contributed by atoms with Gasteiger partial charge in [0.2, 0.25) is 0 Å². The van der Waals surface area contributed by atoms with Crippen LogP contribution < -0.4 is 0 Å². The van der Waals surface area contributed by atoms with E-state index in [1.165, 1.54) is 12.8 Å². The van der Waals surface area contributed by atoms with Crippen LogP contribution in [0.1, 0.15) is 47.0 Å². The topological polar surface area (TPSA) is 24.9 Å². The highest BCUT2D eigenvalue weighted by Crippen LogP contribution is 2.33. The monoisotopic (exact) mass is 296 g/mol. The van der Waals surface area contributed by atoms with Crippen molar-refractivity contribution in [2.45, 2.75) is 76.9 Å². The van der Waals surface area contributed by atoms with Crippen LogP contribution in [-0.4, -0.2) is 72.5 Å². The van der Waals surface area contributed by atoms with Crippen molar-refractivity contribution in [1.82, 2.24) is 9.80 Å². The molecule has 0 N–H and O–H groups in total. The smallest absolute Gasteiger partial charge is 0.0836 e. The van der Waals surface area contributed by atoms with Crippen LogP contribution in [0.4, 0.5) is 0 Å². The Balaban J connectivity index is 1.28. The first-order valence-corrected chi connectivity index (χ1v) is 8.71. The zero-order valence-corrected chi connectivity index (χ0v) is 14.2. The molecule has 0 amide bonds. The molecule has 3 fully saturated rings. The number of ether oxygens (including phenoxy) is 2. The lowest BCUT2D eigenvalue weighted by Gasteiger charge is -2.45. The maximum absolute atomic E-state index is 6.29. The minimum absolute atomic E-state index is 0.00427. The highest BCUT2D eigenvalue weighted by molar-refractivity contribution is 4.94. The van der Waals surface area contributed by atoms with Crippen LogP contribution in [0.25, 0.3) is 0 Å². The Morgan fingerprint density at radius 3 is 2.29 bits per heavy atom. The van der Waals surface area contributed by atoms with E-state index in [9.17, 15) is 0 Å². The molecule has 4 heteroatoms. The Morgan fingerprint density at radius 2 is 1.71 bits per heavy atom. The molecule has 2 saturated heterocycles. The second kappa shape index (κ2) is 6.15. The van der Waals surface area contributed by atoms with Crippen LogP contribution in [0.5, 0.6) is 0 Å². The first-order valence-electron chi connectivity index (χ1n) is 8.71. The van der Waals surface area contributed by atoms with Crippen LogP contribution in [0.3, 0.4) is 0 Å². The first kappa shape index (κ1) is 15.7. The molecular weight excluding hydrogens is 264 g/mol.